The first-order chi connectivity index (χ1) is 14.5. The van der Waals surface area contributed by atoms with Crippen LogP contribution in [0.3, 0.4) is 0 Å². The Morgan fingerprint density at radius 3 is 2.53 bits per heavy atom. The lowest BCUT2D eigenvalue weighted by atomic mass is 9.99. The van der Waals surface area contributed by atoms with E-state index in [9.17, 15) is 9.18 Å². The van der Waals surface area contributed by atoms with Gasteiger partial charge in [-0.25, -0.2) is 9.18 Å². The van der Waals surface area contributed by atoms with E-state index in [1.165, 1.54) is 18.2 Å². The molecule has 150 valence electrons. The summed E-state index contributed by atoms with van der Waals surface area (Å²) in [5.41, 5.74) is 2.89. The molecule has 30 heavy (non-hydrogen) atoms. The maximum absolute atomic E-state index is 13.6. The number of rotatable bonds is 2. The highest BCUT2D eigenvalue weighted by Gasteiger charge is 2.26. The zero-order valence-electron chi connectivity index (χ0n) is 15.5. The van der Waals surface area contributed by atoms with E-state index in [1.807, 2.05) is 35.2 Å². The molecule has 1 aliphatic rings. The van der Waals surface area contributed by atoms with Crippen LogP contribution in [0.15, 0.2) is 69.9 Å². The Labute approximate surface area is 181 Å². The summed E-state index contributed by atoms with van der Waals surface area (Å²) in [6.07, 6.45) is 0. The van der Waals surface area contributed by atoms with Crippen molar-refractivity contribution in [1.82, 2.24) is 0 Å². The first-order valence-corrected chi connectivity index (χ1v) is 9.94. The molecule has 0 unspecified atom stereocenters. The van der Waals surface area contributed by atoms with Gasteiger partial charge >= 0.3 is 5.63 Å². The van der Waals surface area contributed by atoms with Gasteiger partial charge in [-0.15, -0.1) is 0 Å². The first kappa shape index (κ1) is 19.0. The lowest BCUT2D eigenvalue weighted by Crippen LogP contribution is -2.32. The van der Waals surface area contributed by atoms with Crippen LogP contribution >= 0.6 is 23.2 Å². The van der Waals surface area contributed by atoms with Gasteiger partial charge in [-0.3, -0.25) is 0 Å². The molecule has 0 saturated heterocycles. The first-order valence-electron chi connectivity index (χ1n) is 9.19. The fourth-order valence-electron chi connectivity index (χ4n) is 3.69. The minimum Gasteiger partial charge on any atom is -0.471 e. The Bertz CT molecular complexity index is 1340. The summed E-state index contributed by atoms with van der Waals surface area (Å²) in [5, 5.41) is 1.17. The highest BCUT2D eigenvalue weighted by atomic mass is 35.5. The van der Waals surface area contributed by atoms with Crippen molar-refractivity contribution in [2.24, 2.45) is 0 Å². The third-order valence-corrected chi connectivity index (χ3v) is 5.67. The molecular formula is C23H14Cl2FNO3. The number of hydrogen-bond acceptors (Lipinski definition) is 4. The molecule has 0 atom stereocenters. The van der Waals surface area contributed by atoms with Gasteiger partial charge in [0.1, 0.15) is 17.1 Å². The average molecular weight is 442 g/mol. The smallest absolute Gasteiger partial charge is 0.336 e. The fourth-order valence-corrected chi connectivity index (χ4v) is 4.15. The molecule has 4 aromatic rings. The van der Waals surface area contributed by atoms with Crippen LogP contribution in [-0.2, 0) is 6.54 Å². The monoisotopic (exact) mass is 441 g/mol. The van der Waals surface area contributed by atoms with Gasteiger partial charge in [0.2, 0.25) is 0 Å². The Morgan fingerprint density at radius 2 is 1.77 bits per heavy atom. The van der Waals surface area contributed by atoms with Gasteiger partial charge in [0.15, 0.2) is 6.73 Å². The second-order valence-electron chi connectivity index (χ2n) is 6.96. The highest BCUT2D eigenvalue weighted by Crippen LogP contribution is 2.42. The van der Waals surface area contributed by atoms with E-state index in [0.717, 1.165) is 11.1 Å². The molecule has 5 rings (SSSR count). The van der Waals surface area contributed by atoms with Gasteiger partial charge in [-0.1, -0.05) is 53.5 Å². The van der Waals surface area contributed by atoms with Gasteiger partial charge in [-0.05, 0) is 35.4 Å². The minimum absolute atomic E-state index is 0.0205. The molecule has 3 aromatic carbocycles. The summed E-state index contributed by atoms with van der Waals surface area (Å²) in [6.45, 7) is 0.554. The molecule has 4 nitrogen and oxygen atoms in total. The lowest BCUT2D eigenvalue weighted by Gasteiger charge is -2.31. The number of ether oxygens (including phenoxy) is 1. The van der Waals surface area contributed by atoms with Crippen molar-refractivity contribution in [1.29, 1.82) is 0 Å². The number of hydrogen-bond donors (Lipinski definition) is 0. The van der Waals surface area contributed by atoms with Crippen molar-refractivity contribution < 1.29 is 13.5 Å². The predicted molar refractivity (Wildman–Crippen MR) is 116 cm³/mol. The summed E-state index contributed by atoms with van der Waals surface area (Å²) < 4.78 is 25.0. The van der Waals surface area contributed by atoms with Crippen LogP contribution in [0.5, 0.6) is 5.75 Å². The Hall–Kier alpha value is -3.02. The second-order valence-corrected chi connectivity index (χ2v) is 7.77. The Balaban J connectivity index is 1.69. The molecule has 0 bridgehead atoms. The Morgan fingerprint density at radius 1 is 0.967 bits per heavy atom. The SMILES string of the molecule is O=c1cc(-c2ccccc2)c2cc(Cl)c3c(c2o1)CN(c1ccc(F)c(Cl)c1)CO3. The van der Waals surface area contributed by atoms with Gasteiger partial charge in [-0.2, -0.15) is 0 Å². The quantitative estimate of drug-likeness (QED) is 0.344. The molecule has 0 N–H and O–H groups in total. The van der Waals surface area contributed by atoms with E-state index >= 15 is 0 Å². The highest BCUT2D eigenvalue weighted by molar-refractivity contribution is 6.33. The van der Waals surface area contributed by atoms with Crippen molar-refractivity contribution in [2.45, 2.75) is 6.54 Å². The predicted octanol–water partition coefficient (Wildman–Crippen LogP) is 6.26. The number of benzene rings is 3. The van der Waals surface area contributed by atoms with Crippen molar-refractivity contribution in [3.63, 3.8) is 0 Å². The number of nitrogens with zero attached hydrogens (tertiary/aromatic N) is 1. The molecule has 1 aliphatic heterocycles. The summed E-state index contributed by atoms with van der Waals surface area (Å²) in [7, 11) is 0. The zero-order valence-corrected chi connectivity index (χ0v) is 17.0. The standard InChI is InChI=1S/C23H14Cl2FNO3/c24-18-8-14(6-7-20(18)26)27-11-17-22-16(9-19(25)23(17)29-12-27)15(10-21(28)30-22)13-4-2-1-3-5-13/h1-10H,11-12H2. The van der Waals surface area contributed by atoms with E-state index in [2.05, 4.69) is 0 Å². The molecule has 0 fully saturated rings. The number of anilines is 1. The molecule has 7 heteroatoms. The molecule has 0 amide bonds. The summed E-state index contributed by atoms with van der Waals surface area (Å²) in [6, 6.07) is 17.2. The van der Waals surface area contributed by atoms with Crippen LogP contribution in [0.25, 0.3) is 22.1 Å². The summed E-state index contributed by atoms with van der Waals surface area (Å²) in [5.74, 6) is -0.0206. The molecule has 2 heterocycles. The number of halogens is 3. The van der Waals surface area contributed by atoms with Crippen LogP contribution < -0.4 is 15.3 Å². The molecule has 1 aromatic heterocycles. The van der Waals surface area contributed by atoms with Crippen molar-refractivity contribution in [2.75, 3.05) is 11.6 Å². The van der Waals surface area contributed by atoms with Crippen molar-refractivity contribution in [3.05, 3.63) is 92.5 Å². The number of fused-ring (bicyclic) bond motifs is 3. The van der Waals surface area contributed by atoms with E-state index in [0.29, 0.717) is 39.5 Å². The zero-order chi connectivity index (χ0) is 20.8. The van der Waals surface area contributed by atoms with E-state index in [1.54, 1.807) is 12.1 Å². The largest absolute Gasteiger partial charge is 0.471 e. The van der Waals surface area contributed by atoms with E-state index in [4.69, 9.17) is 32.4 Å². The molecule has 0 radical (unpaired) electrons. The van der Waals surface area contributed by atoms with Gasteiger partial charge in [0, 0.05) is 17.1 Å². The van der Waals surface area contributed by atoms with Gasteiger partial charge in [0.05, 0.1) is 22.2 Å². The van der Waals surface area contributed by atoms with Gasteiger partial charge < -0.3 is 14.1 Å². The molecular weight excluding hydrogens is 428 g/mol. The molecule has 0 aliphatic carbocycles. The van der Waals surface area contributed by atoms with Crippen LogP contribution in [0.2, 0.25) is 10.0 Å². The fraction of sp³-hybridized carbons (Fsp3) is 0.0870. The summed E-state index contributed by atoms with van der Waals surface area (Å²) >= 11 is 12.5. The molecule has 0 spiro atoms. The third kappa shape index (κ3) is 3.20. The van der Waals surface area contributed by atoms with Crippen LogP contribution in [0.4, 0.5) is 10.1 Å². The second kappa shape index (κ2) is 7.35. The topological polar surface area (TPSA) is 42.7 Å². The van der Waals surface area contributed by atoms with Crippen LogP contribution in [0, 0.1) is 5.82 Å². The normalized spacial score (nSPS) is 13.2. The van der Waals surface area contributed by atoms with Gasteiger partial charge in [0.25, 0.3) is 0 Å². The van der Waals surface area contributed by atoms with Crippen molar-refractivity contribution >= 4 is 39.9 Å². The minimum atomic E-state index is -0.495. The maximum Gasteiger partial charge on any atom is 0.336 e. The Kier molecular flexibility index (Phi) is 4.65. The van der Waals surface area contributed by atoms with Crippen LogP contribution in [-0.4, -0.2) is 6.73 Å². The van der Waals surface area contributed by atoms with E-state index in [-0.39, 0.29) is 11.8 Å². The third-order valence-electron chi connectivity index (χ3n) is 5.10. The average Bonchev–Trinajstić information content (AvgIpc) is 2.76. The van der Waals surface area contributed by atoms with Crippen LogP contribution in [0.1, 0.15) is 5.56 Å². The van der Waals surface area contributed by atoms with E-state index < -0.39 is 11.4 Å². The summed E-state index contributed by atoms with van der Waals surface area (Å²) in [4.78, 5) is 14.2. The van der Waals surface area contributed by atoms with Crippen molar-refractivity contribution in [3.8, 4) is 16.9 Å². The lowest BCUT2D eigenvalue weighted by molar-refractivity contribution is 0.289. The molecule has 0 saturated carbocycles. The maximum atomic E-state index is 13.6.